The first kappa shape index (κ1) is 22.5. The van der Waals surface area contributed by atoms with E-state index < -0.39 is 0 Å². The highest BCUT2D eigenvalue weighted by Gasteiger charge is 2.58. The third kappa shape index (κ3) is 3.73. The SMILES string of the molecule is CCC[C@@]1(O)CC[C@H]2[C@H](CC[C@@H]3[C@@H]2CC[C@]2(C)C([C@@H](C)Cn4cc(C#N)cn4)CC[C@@H]32)C1. The van der Waals surface area contributed by atoms with Crippen molar-refractivity contribution < 1.29 is 5.11 Å². The minimum Gasteiger partial charge on any atom is -0.390 e. The third-order valence-corrected chi connectivity index (χ3v) is 10.8. The number of fused-ring (bicyclic) bond motifs is 5. The van der Waals surface area contributed by atoms with Crippen LogP contribution in [0.4, 0.5) is 0 Å². The fourth-order valence-corrected chi connectivity index (χ4v) is 9.57. The van der Waals surface area contributed by atoms with Crippen LogP contribution in [0.3, 0.4) is 0 Å². The Morgan fingerprint density at radius 1 is 1.16 bits per heavy atom. The summed E-state index contributed by atoms with van der Waals surface area (Å²) in [4.78, 5) is 0. The third-order valence-electron chi connectivity index (χ3n) is 10.8. The number of aliphatic hydroxyl groups is 1. The molecule has 0 radical (unpaired) electrons. The predicted molar refractivity (Wildman–Crippen MR) is 127 cm³/mol. The Bertz CT molecular complexity index is 857. The minimum atomic E-state index is -0.363. The second-order valence-electron chi connectivity index (χ2n) is 12.4. The van der Waals surface area contributed by atoms with Crippen LogP contribution in [0.25, 0.3) is 0 Å². The number of hydrogen-bond donors (Lipinski definition) is 1. The molecule has 9 atom stereocenters. The first-order valence-corrected chi connectivity index (χ1v) is 13.5. The smallest absolute Gasteiger partial charge is 0.102 e. The van der Waals surface area contributed by atoms with Gasteiger partial charge in [0, 0.05) is 12.7 Å². The van der Waals surface area contributed by atoms with Crippen LogP contribution in [0.2, 0.25) is 0 Å². The van der Waals surface area contributed by atoms with Gasteiger partial charge in [-0.1, -0.05) is 27.2 Å². The molecule has 4 aliphatic rings. The van der Waals surface area contributed by atoms with Crippen LogP contribution < -0.4 is 0 Å². The molecule has 0 aliphatic heterocycles. The summed E-state index contributed by atoms with van der Waals surface area (Å²) >= 11 is 0. The monoisotopic (exact) mass is 437 g/mol. The number of rotatable bonds is 5. The van der Waals surface area contributed by atoms with Gasteiger partial charge in [0.2, 0.25) is 0 Å². The summed E-state index contributed by atoms with van der Waals surface area (Å²) < 4.78 is 2.00. The second-order valence-corrected chi connectivity index (χ2v) is 12.4. The first-order chi connectivity index (χ1) is 15.4. The van der Waals surface area contributed by atoms with E-state index in [2.05, 4.69) is 31.9 Å². The van der Waals surface area contributed by atoms with Gasteiger partial charge in [0.1, 0.15) is 6.07 Å². The lowest BCUT2D eigenvalue weighted by Crippen LogP contribution is -2.51. The van der Waals surface area contributed by atoms with Crippen LogP contribution in [0, 0.1) is 58.2 Å². The average Bonchev–Trinajstić information content (AvgIpc) is 3.36. The molecule has 1 N–H and O–H groups in total. The molecular weight excluding hydrogens is 394 g/mol. The standard InChI is InChI=1S/C28H43N3O/c1-4-11-28(32)13-10-22-21(14-28)5-6-24-23(22)9-12-27(3)25(7-8-26(24)27)19(2)17-31-18-20(15-29)16-30-31/h16,18-19,21-26,32H,4-14,17H2,1-3H3/t19-,21+,22-,23+,24+,25?,26-,27+,28+/m0/s1. The zero-order valence-corrected chi connectivity index (χ0v) is 20.5. The molecule has 0 spiro atoms. The van der Waals surface area contributed by atoms with Gasteiger partial charge in [-0.3, -0.25) is 4.68 Å². The molecule has 1 aromatic rings. The van der Waals surface area contributed by atoms with Crippen molar-refractivity contribution in [1.29, 1.82) is 5.26 Å². The van der Waals surface area contributed by atoms with E-state index in [0.717, 1.165) is 67.7 Å². The van der Waals surface area contributed by atoms with Crippen LogP contribution in [-0.2, 0) is 6.54 Å². The number of nitrogens with zero attached hydrogens (tertiary/aromatic N) is 3. The number of hydrogen-bond acceptors (Lipinski definition) is 3. The van der Waals surface area contributed by atoms with Crippen molar-refractivity contribution in [3.05, 3.63) is 18.0 Å². The Morgan fingerprint density at radius 2 is 1.97 bits per heavy atom. The first-order valence-electron chi connectivity index (χ1n) is 13.5. The molecule has 5 rings (SSSR count). The van der Waals surface area contributed by atoms with Gasteiger partial charge in [-0.15, -0.1) is 0 Å². The molecule has 4 aliphatic carbocycles. The van der Waals surface area contributed by atoms with E-state index in [1.807, 2.05) is 10.9 Å². The van der Waals surface area contributed by atoms with Crippen molar-refractivity contribution in [3.8, 4) is 6.07 Å². The molecular formula is C28H43N3O. The van der Waals surface area contributed by atoms with Crippen LogP contribution >= 0.6 is 0 Å². The molecule has 0 bridgehead atoms. The topological polar surface area (TPSA) is 61.8 Å². The van der Waals surface area contributed by atoms with Gasteiger partial charge in [0.05, 0.1) is 17.4 Å². The Labute approximate surface area is 194 Å². The van der Waals surface area contributed by atoms with E-state index >= 15 is 0 Å². The van der Waals surface area contributed by atoms with Gasteiger partial charge in [-0.25, -0.2) is 0 Å². The summed E-state index contributed by atoms with van der Waals surface area (Å²) in [7, 11) is 0. The van der Waals surface area contributed by atoms with E-state index in [9.17, 15) is 5.11 Å². The average molecular weight is 438 g/mol. The maximum absolute atomic E-state index is 11.1. The molecule has 4 fully saturated rings. The summed E-state index contributed by atoms with van der Waals surface area (Å²) in [5, 5.41) is 24.7. The van der Waals surface area contributed by atoms with Gasteiger partial charge in [0.25, 0.3) is 0 Å². The summed E-state index contributed by atoms with van der Waals surface area (Å²) in [5.41, 5.74) is 0.775. The van der Waals surface area contributed by atoms with Crippen LogP contribution in [0.5, 0.6) is 0 Å². The van der Waals surface area contributed by atoms with E-state index in [4.69, 9.17) is 5.26 Å². The lowest BCUT2D eigenvalue weighted by Gasteiger charge is -2.57. The maximum atomic E-state index is 11.1. The Balaban J connectivity index is 1.27. The Morgan fingerprint density at radius 3 is 2.72 bits per heavy atom. The molecule has 0 saturated heterocycles. The van der Waals surface area contributed by atoms with Gasteiger partial charge >= 0.3 is 0 Å². The van der Waals surface area contributed by atoms with Crippen LogP contribution in [0.1, 0.15) is 97.0 Å². The molecule has 1 aromatic heterocycles. The Hall–Kier alpha value is -1.34. The normalized spacial score (nSPS) is 44.2. The summed E-state index contributed by atoms with van der Waals surface area (Å²) in [5.74, 6) is 5.73. The van der Waals surface area contributed by atoms with Crippen molar-refractivity contribution in [2.24, 2.45) is 46.8 Å². The van der Waals surface area contributed by atoms with Gasteiger partial charge in [-0.2, -0.15) is 10.4 Å². The quantitative estimate of drug-likeness (QED) is 0.597. The highest BCUT2D eigenvalue weighted by molar-refractivity contribution is 5.21. The maximum Gasteiger partial charge on any atom is 0.102 e. The van der Waals surface area contributed by atoms with Gasteiger partial charge < -0.3 is 5.11 Å². The van der Waals surface area contributed by atoms with E-state index in [1.165, 1.54) is 44.9 Å². The second kappa shape index (κ2) is 8.46. The molecule has 4 heteroatoms. The van der Waals surface area contributed by atoms with E-state index in [-0.39, 0.29) is 5.60 Å². The van der Waals surface area contributed by atoms with Crippen LogP contribution in [0.15, 0.2) is 12.4 Å². The molecule has 0 amide bonds. The molecule has 0 aromatic carbocycles. The molecule has 1 heterocycles. The highest BCUT2D eigenvalue weighted by atomic mass is 16.3. The van der Waals surface area contributed by atoms with Crippen molar-refractivity contribution in [1.82, 2.24) is 9.78 Å². The summed E-state index contributed by atoms with van der Waals surface area (Å²) in [6, 6.07) is 2.21. The molecule has 176 valence electrons. The molecule has 4 nitrogen and oxygen atoms in total. The summed E-state index contributed by atoms with van der Waals surface area (Å²) in [6.07, 6.45) is 17.4. The van der Waals surface area contributed by atoms with Gasteiger partial charge in [0.15, 0.2) is 0 Å². The molecule has 1 unspecified atom stereocenters. The largest absolute Gasteiger partial charge is 0.390 e. The van der Waals surface area contributed by atoms with Crippen molar-refractivity contribution in [2.45, 2.75) is 104 Å². The van der Waals surface area contributed by atoms with Gasteiger partial charge in [-0.05, 0) is 111 Å². The van der Waals surface area contributed by atoms with E-state index in [0.29, 0.717) is 16.9 Å². The lowest BCUT2D eigenvalue weighted by molar-refractivity contribution is -0.110. The van der Waals surface area contributed by atoms with Crippen molar-refractivity contribution in [3.63, 3.8) is 0 Å². The predicted octanol–water partition coefficient (Wildman–Crippen LogP) is 6.19. The zero-order valence-electron chi connectivity index (χ0n) is 20.5. The Kier molecular flexibility index (Phi) is 5.94. The fourth-order valence-electron chi connectivity index (χ4n) is 9.57. The summed E-state index contributed by atoms with van der Waals surface area (Å²) in [6.45, 7) is 8.20. The van der Waals surface area contributed by atoms with Crippen molar-refractivity contribution in [2.75, 3.05) is 0 Å². The molecule has 32 heavy (non-hydrogen) atoms. The van der Waals surface area contributed by atoms with Crippen LogP contribution in [-0.4, -0.2) is 20.5 Å². The minimum absolute atomic E-state index is 0.363. The van der Waals surface area contributed by atoms with Crippen molar-refractivity contribution >= 4 is 0 Å². The highest BCUT2D eigenvalue weighted by Crippen LogP contribution is 2.65. The lowest BCUT2D eigenvalue weighted by atomic mass is 9.48. The molecule has 4 saturated carbocycles. The number of aromatic nitrogens is 2. The zero-order chi connectivity index (χ0) is 22.5. The fraction of sp³-hybridized carbons (Fsp3) is 0.857. The van der Waals surface area contributed by atoms with E-state index in [1.54, 1.807) is 6.20 Å². The number of nitriles is 1.